The molecular weight excluding hydrogens is 383 g/mol. The lowest BCUT2D eigenvalue weighted by Gasteiger charge is -2.06. The van der Waals surface area contributed by atoms with Gasteiger partial charge in [-0.2, -0.15) is 0 Å². The van der Waals surface area contributed by atoms with E-state index in [2.05, 4.69) is 38.5 Å². The van der Waals surface area contributed by atoms with Gasteiger partial charge in [0.2, 0.25) is 0 Å². The standard InChI is InChI=1S/C12H8BrIO2/c1-7-10(13)4-3-9(12(7)14)11-5-2-8(6-15)16-11/h2-6H,1H3. The molecule has 82 valence electrons. The number of carbonyl (C=O) groups excluding carboxylic acids is 1. The molecule has 0 aliphatic carbocycles. The summed E-state index contributed by atoms with van der Waals surface area (Å²) < 4.78 is 7.60. The summed E-state index contributed by atoms with van der Waals surface area (Å²) in [5.41, 5.74) is 2.18. The van der Waals surface area contributed by atoms with Gasteiger partial charge in [0.1, 0.15) is 5.76 Å². The fraction of sp³-hybridized carbons (Fsp3) is 0.0833. The van der Waals surface area contributed by atoms with Gasteiger partial charge in [0.15, 0.2) is 12.0 Å². The first kappa shape index (κ1) is 11.9. The van der Waals surface area contributed by atoms with Gasteiger partial charge in [0.25, 0.3) is 0 Å². The molecule has 16 heavy (non-hydrogen) atoms. The number of halogens is 2. The number of carbonyl (C=O) groups is 1. The molecule has 1 aromatic carbocycles. The lowest BCUT2D eigenvalue weighted by atomic mass is 10.1. The zero-order valence-electron chi connectivity index (χ0n) is 8.46. The van der Waals surface area contributed by atoms with Crippen LogP contribution in [0.2, 0.25) is 0 Å². The van der Waals surface area contributed by atoms with E-state index in [1.54, 1.807) is 6.07 Å². The van der Waals surface area contributed by atoms with Crippen LogP contribution in [0, 0.1) is 10.5 Å². The maximum absolute atomic E-state index is 10.6. The van der Waals surface area contributed by atoms with Gasteiger partial charge in [0.05, 0.1) is 0 Å². The van der Waals surface area contributed by atoms with Gasteiger partial charge in [-0.3, -0.25) is 4.79 Å². The Morgan fingerprint density at radius 1 is 1.31 bits per heavy atom. The van der Waals surface area contributed by atoms with Crippen LogP contribution in [-0.4, -0.2) is 6.29 Å². The Kier molecular flexibility index (Phi) is 3.49. The minimum absolute atomic E-state index is 0.353. The Balaban J connectivity index is 2.56. The summed E-state index contributed by atoms with van der Waals surface area (Å²) in [6.45, 7) is 2.04. The van der Waals surface area contributed by atoms with Crippen LogP contribution in [0.25, 0.3) is 11.3 Å². The fourth-order valence-corrected chi connectivity index (χ4v) is 2.85. The number of aldehydes is 1. The minimum atomic E-state index is 0.353. The number of furan rings is 1. The van der Waals surface area contributed by atoms with Crippen LogP contribution in [0.3, 0.4) is 0 Å². The quantitative estimate of drug-likeness (QED) is 0.560. The van der Waals surface area contributed by atoms with Gasteiger partial charge in [-0.05, 0) is 59.3 Å². The highest BCUT2D eigenvalue weighted by Gasteiger charge is 2.11. The molecule has 0 fully saturated rings. The maximum atomic E-state index is 10.6. The summed E-state index contributed by atoms with van der Waals surface area (Å²) in [5, 5.41) is 0. The molecule has 0 radical (unpaired) electrons. The molecule has 0 bridgehead atoms. The summed E-state index contributed by atoms with van der Waals surface area (Å²) in [4.78, 5) is 10.6. The highest BCUT2D eigenvalue weighted by Crippen LogP contribution is 2.32. The van der Waals surface area contributed by atoms with Gasteiger partial charge in [-0.15, -0.1) is 0 Å². The van der Waals surface area contributed by atoms with Crippen molar-refractivity contribution < 1.29 is 9.21 Å². The average molecular weight is 391 g/mol. The molecule has 0 spiro atoms. The molecule has 0 aliphatic heterocycles. The number of hydrogen-bond acceptors (Lipinski definition) is 2. The highest BCUT2D eigenvalue weighted by molar-refractivity contribution is 14.1. The van der Waals surface area contributed by atoms with E-state index in [0.29, 0.717) is 12.0 Å². The van der Waals surface area contributed by atoms with Crippen LogP contribution < -0.4 is 0 Å². The lowest BCUT2D eigenvalue weighted by molar-refractivity contribution is 0.110. The first-order valence-electron chi connectivity index (χ1n) is 4.63. The Labute approximate surface area is 115 Å². The highest BCUT2D eigenvalue weighted by atomic mass is 127. The predicted molar refractivity (Wildman–Crippen MR) is 74.7 cm³/mol. The van der Waals surface area contributed by atoms with Crippen molar-refractivity contribution in [2.75, 3.05) is 0 Å². The van der Waals surface area contributed by atoms with E-state index in [4.69, 9.17) is 4.42 Å². The van der Waals surface area contributed by atoms with E-state index in [-0.39, 0.29) is 0 Å². The Hall–Kier alpha value is -0.620. The minimum Gasteiger partial charge on any atom is -0.453 e. The number of rotatable bonds is 2. The molecule has 1 aromatic heterocycles. The summed E-state index contributed by atoms with van der Waals surface area (Å²) in [6, 6.07) is 7.45. The normalized spacial score (nSPS) is 10.4. The van der Waals surface area contributed by atoms with E-state index in [9.17, 15) is 4.79 Å². The average Bonchev–Trinajstić information content (AvgIpc) is 2.74. The van der Waals surface area contributed by atoms with Crippen LogP contribution in [0.1, 0.15) is 16.1 Å². The van der Waals surface area contributed by atoms with Crippen molar-refractivity contribution in [1.29, 1.82) is 0 Å². The zero-order chi connectivity index (χ0) is 11.7. The van der Waals surface area contributed by atoms with Crippen molar-refractivity contribution in [3.8, 4) is 11.3 Å². The second kappa shape index (κ2) is 4.71. The Bertz CT molecular complexity index is 546. The van der Waals surface area contributed by atoms with Gasteiger partial charge < -0.3 is 4.42 Å². The van der Waals surface area contributed by atoms with E-state index in [1.807, 2.05) is 25.1 Å². The summed E-state index contributed by atoms with van der Waals surface area (Å²) >= 11 is 5.76. The molecule has 0 N–H and O–H groups in total. The molecule has 0 unspecified atom stereocenters. The fourth-order valence-electron chi connectivity index (χ4n) is 1.41. The molecule has 4 heteroatoms. The number of benzene rings is 1. The Morgan fingerprint density at radius 2 is 2.06 bits per heavy atom. The molecule has 0 amide bonds. The summed E-state index contributed by atoms with van der Waals surface area (Å²) in [5.74, 6) is 1.08. The predicted octanol–water partition coefficient (Wildman–Crippen LogP) is 4.43. The molecule has 0 aliphatic rings. The second-order valence-electron chi connectivity index (χ2n) is 3.35. The molecule has 1 heterocycles. The monoisotopic (exact) mass is 390 g/mol. The van der Waals surface area contributed by atoms with Gasteiger partial charge >= 0.3 is 0 Å². The SMILES string of the molecule is Cc1c(Br)ccc(-c2ccc(C=O)o2)c1I. The van der Waals surface area contributed by atoms with Crippen LogP contribution in [0.5, 0.6) is 0 Å². The molecule has 0 atom stereocenters. The zero-order valence-corrected chi connectivity index (χ0v) is 12.2. The van der Waals surface area contributed by atoms with Crippen molar-refractivity contribution >= 4 is 44.8 Å². The third kappa shape index (κ3) is 2.08. The van der Waals surface area contributed by atoms with E-state index in [1.165, 1.54) is 5.56 Å². The molecular formula is C12H8BrIO2. The van der Waals surface area contributed by atoms with Gasteiger partial charge in [0, 0.05) is 13.6 Å². The van der Waals surface area contributed by atoms with Crippen LogP contribution in [-0.2, 0) is 0 Å². The molecule has 2 rings (SSSR count). The smallest absolute Gasteiger partial charge is 0.185 e. The lowest BCUT2D eigenvalue weighted by Crippen LogP contribution is -1.87. The van der Waals surface area contributed by atoms with Crippen LogP contribution in [0.15, 0.2) is 33.2 Å². The summed E-state index contributed by atoms with van der Waals surface area (Å²) in [6.07, 6.45) is 0.710. The van der Waals surface area contributed by atoms with E-state index in [0.717, 1.165) is 19.4 Å². The van der Waals surface area contributed by atoms with Crippen molar-refractivity contribution in [2.45, 2.75) is 6.92 Å². The van der Waals surface area contributed by atoms with Crippen molar-refractivity contribution in [3.05, 3.63) is 43.6 Å². The van der Waals surface area contributed by atoms with E-state index < -0.39 is 0 Å². The maximum Gasteiger partial charge on any atom is 0.185 e. The largest absolute Gasteiger partial charge is 0.453 e. The molecule has 2 aromatic rings. The first-order valence-corrected chi connectivity index (χ1v) is 6.50. The second-order valence-corrected chi connectivity index (χ2v) is 5.29. The number of hydrogen-bond donors (Lipinski definition) is 0. The molecule has 0 saturated carbocycles. The van der Waals surface area contributed by atoms with Crippen molar-refractivity contribution in [3.63, 3.8) is 0 Å². The Morgan fingerprint density at radius 3 is 2.69 bits per heavy atom. The topological polar surface area (TPSA) is 30.2 Å². The summed E-state index contributed by atoms with van der Waals surface area (Å²) in [7, 11) is 0. The molecule has 0 saturated heterocycles. The van der Waals surface area contributed by atoms with Gasteiger partial charge in [-0.1, -0.05) is 15.9 Å². The third-order valence-electron chi connectivity index (χ3n) is 2.33. The van der Waals surface area contributed by atoms with Crippen molar-refractivity contribution in [1.82, 2.24) is 0 Å². The first-order chi connectivity index (χ1) is 7.63. The van der Waals surface area contributed by atoms with E-state index >= 15 is 0 Å². The van der Waals surface area contributed by atoms with Crippen LogP contribution in [0.4, 0.5) is 0 Å². The van der Waals surface area contributed by atoms with Crippen LogP contribution >= 0.6 is 38.5 Å². The van der Waals surface area contributed by atoms with Gasteiger partial charge in [-0.25, -0.2) is 0 Å². The van der Waals surface area contributed by atoms with Crippen molar-refractivity contribution in [2.24, 2.45) is 0 Å². The third-order valence-corrected chi connectivity index (χ3v) is 4.58. The molecule has 2 nitrogen and oxygen atoms in total.